The van der Waals surface area contributed by atoms with Crippen molar-refractivity contribution in [2.75, 3.05) is 6.61 Å². The van der Waals surface area contributed by atoms with Crippen molar-refractivity contribution < 1.29 is 15.0 Å². The van der Waals surface area contributed by atoms with Gasteiger partial charge in [-0.05, 0) is 48.6 Å². The number of carbonyl (C=O) groups is 1. The van der Waals surface area contributed by atoms with E-state index in [1.165, 1.54) is 0 Å². The van der Waals surface area contributed by atoms with Crippen LogP contribution in [0.3, 0.4) is 0 Å². The maximum Gasteiger partial charge on any atom is 0.328 e. The number of aliphatic hydroxyl groups excluding tert-OH is 1. The van der Waals surface area contributed by atoms with E-state index in [0.717, 1.165) is 28.3 Å². The molecule has 3 heteroatoms. The molecule has 0 atom stereocenters. The van der Waals surface area contributed by atoms with Crippen LogP contribution in [0.2, 0.25) is 0 Å². The molecule has 0 aliphatic rings. The Bertz CT molecular complexity index is 445. The molecule has 0 aliphatic carbocycles. The first-order valence-electron chi connectivity index (χ1n) is 5.08. The van der Waals surface area contributed by atoms with Crippen molar-refractivity contribution in [2.45, 2.75) is 20.8 Å². The van der Waals surface area contributed by atoms with Crippen LogP contribution in [0, 0.1) is 20.8 Å². The van der Waals surface area contributed by atoms with Crippen LogP contribution in [0.4, 0.5) is 0 Å². The summed E-state index contributed by atoms with van der Waals surface area (Å²) >= 11 is 0. The van der Waals surface area contributed by atoms with Gasteiger partial charge in [-0.15, -0.1) is 0 Å². The Morgan fingerprint density at radius 1 is 1.19 bits per heavy atom. The smallest absolute Gasteiger partial charge is 0.328 e. The van der Waals surface area contributed by atoms with E-state index >= 15 is 0 Å². The van der Waals surface area contributed by atoms with E-state index in [2.05, 4.69) is 0 Å². The molecule has 0 amide bonds. The summed E-state index contributed by atoms with van der Waals surface area (Å²) in [6.07, 6.45) is 1.05. The molecule has 16 heavy (non-hydrogen) atoms. The van der Waals surface area contributed by atoms with E-state index in [0.29, 0.717) is 5.57 Å². The molecule has 0 saturated heterocycles. The molecule has 3 nitrogen and oxygen atoms in total. The lowest BCUT2D eigenvalue weighted by atomic mass is 9.95. The molecule has 0 aliphatic heterocycles. The third kappa shape index (κ3) is 2.70. The predicted molar refractivity (Wildman–Crippen MR) is 63.4 cm³/mol. The molecule has 0 aromatic heterocycles. The van der Waals surface area contributed by atoms with Crippen LogP contribution in [-0.4, -0.2) is 22.8 Å². The number of carboxylic acid groups (broad SMARTS) is 1. The Balaban J connectivity index is 3.31. The molecule has 0 heterocycles. The highest BCUT2D eigenvalue weighted by molar-refractivity contribution is 5.90. The number of carboxylic acids is 1. The molecule has 0 radical (unpaired) electrons. The third-order valence-electron chi connectivity index (χ3n) is 2.65. The molecular weight excluding hydrogens is 204 g/mol. The predicted octanol–water partition coefficient (Wildman–Crippen LogP) is 2.07. The van der Waals surface area contributed by atoms with Gasteiger partial charge in [-0.1, -0.05) is 12.1 Å². The van der Waals surface area contributed by atoms with Gasteiger partial charge in [0.15, 0.2) is 0 Å². The normalized spacial score (nSPS) is 11.6. The van der Waals surface area contributed by atoms with Crippen molar-refractivity contribution in [2.24, 2.45) is 0 Å². The van der Waals surface area contributed by atoms with E-state index < -0.39 is 5.97 Å². The Labute approximate surface area is 95.0 Å². The maximum atomic E-state index is 10.6. The zero-order valence-electron chi connectivity index (χ0n) is 9.74. The highest BCUT2D eigenvalue weighted by atomic mass is 16.4. The largest absolute Gasteiger partial charge is 0.478 e. The summed E-state index contributed by atoms with van der Waals surface area (Å²) in [4.78, 5) is 10.6. The average molecular weight is 220 g/mol. The standard InChI is InChI=1S/C13H16O3/c1-8-4-10(3)12(5-9(8)2)11(7-14)6-13(15)16/h4-6,14H,7H2,1-3H3,(H,15,16)/b11-6+. The number of aliphatic hydroxyl groups is 1. The summed E-state index contributed by atoms with van der Waals surface area (Å²) in [6, 6.07) is 3.91. The second-order valence-electron chi connectivity index (χ2n) is 3.92. The van der Waals surface area contributed by atoms with Crippen molar-refractivity contribution in [3.63, 3.8) is 0 Å². The number of rotatable bonds is 3. The van der Waals surface area contributed by atoms with Gasteiger partial charge < -0.3 is 10.2 Å². The van der Waals surface area contributed by atoms with Crippen molar-refractivity contribution in [1.29, 1.82) is 0 Å². The Morgan fingerprint density at radius 2 is 1.75 bits per heavy atom. The molecule has 2 N–H and O–H groups in total. The third-order valence-corrected chi connectivity index (χ3v) is 2.65. The van der Waals surface area contributed by atoms with Gasteiger partial charge in [0, 0.05) is 6.08 Å². The van der Waals surface area contributed by atoms with E-state index in [1.54, 1.807) is 0 Å². The van der Waals surface area contributed by atoms with Crippen molar-refractivity contribution >= 4 is 11.5 Å². The van der Waals surface area contributed by atoms with Crippen LogP contribution in [0.25, 0.3) is 5.57 Å². The van der Waals surface area contributed by atoms with Gasteiger partial charge in [-0.2, -0.15) is 0 Å². The average Bonchev–Trinajstić information content (AvgIpc) is 2.20. The highest BCUT2D eigenvalue weighted by Gasteiger charge is 2.08. The molecule has 0 fully saturated rings. The van der Waals surface area contributed by atoms with Gasteiger partial charge in [0.25, 0.3) is 0 Å². The zero-order chi connectivity index (χ0) is 12.3. The molecule has 1 aromatic rings. The molecule has 1 aromatic carbocycles. The van der Waals surface area contributed by atoms with E-state index in [1.807, 2.05) is 32.9 Å². The first-order chi connectivity index (χ1) is 7.45. The summed E-state index contributed by atoms with van der Waals surface area (Å²) < 4.78 is 0. The summed E-state index contributed by atoms with van der Waals surface area (Å²) in [7, 11) is 0. The van der Waals surface area contributed by atoms with Crippen molar-refractivity contribution in [3.8, 4) is 0 Å². The van der Waals surface area contributed by atoms with Crippen LogP contribution >= 0.6 is 0 Å². The topological polar surface area (TPSA) is 57.5 Å². The summed E-state index contributed by atoms with van der Waals surface area (Å²) in [5.41, 5.74) is 4.46. The molecule has 1 rings (SSSR count). The number of benzene rings is 1. The van der Waals surface area contributed by atoms with E-state index in [9.17, 15) is 9.90 Å². The van der Waals surface area contributed by atoms with Gasteiger partial charge in [0.05, 0.1) is 6.61 Å². The van der Waals surface area contributed by atoms with Crippen molar-refractivity contribution in [3.05, 3.63) is 40.5 Å². The van der Waals surface area contributed by atoms with Crippen LogP contribution in [0.5, 0.6) is 0 Å². The molecular formula is C13H16O3. The summed E-state index contributed by atoms with van der Waals surface area (Å²) in [5.74, 6) is -1.04. The minimum Gasteiger partial charge on any atom is -0.478 e. The van der Waals surface area contributed by atoms with E-state index in [4.69, 9.17) is 5.11 Å². The number of hydrogen-bond acceptors (Lipinski definition) is 2. The van der Waals surface area contributed by atoms with Gasteiger partial charge in [0.2, 0.25) is 0 Å². The second kappa shape index (κ2) is 4.94. The minimum atomic E-state index is -1.04. The second-order valence-corrected chi connectivity index (χ2v) is 3.92. The Hall–Kier alpha value is -1.61. The van der Waals surface area contributed by atoms with Gasteiger partial charge >= 0.3 is 5.97 Å². The van der Waals surface area contributed by atoms with Crippen LogP contribution in [-0.2, 0) is 4.79 Å². The van der Waals surface area contributed by atoms with Crippen LogP contribution < -0.4 is 0 Å². The van der Waals surface area contributed by atoms with Crippen LogP contribution in [0.15, 0.2) is 18.2 Å². The first kappa shape index (κ1) is 12.5. The lowest BCUT2D eigenvalue weighted by Gasteiger charge is -2.11. The molecule has 0 unspecified atom stereocenters. The van der Waals surface area contributed by atoms with Gasteiger partial charge in [0.1, 0.15) is 0 Å². The molecule has 86 valence electrons. The fourth-order valence-corrected chi connectivity index (χ4v) is 1.66. The minimum absolute atomic E-state index is 0.268. The van der Waals surface area contributed by atoms with Crippen molar-refractivity contribution in [1.82, 2.24) is 0 Å². The SMILES string of the molecule is Cc1cc(C)c(/C(=C/C(=O)O)CO)cc1C. The zero-order valence-corrected chi connectivity index (χ0v) is 9.74. The highest BCUT2D eigenvalue weighted by Crippen LogP contribution is 2.22. The van der Waals surface area contributed by atoms with E-state index in [-0.39, 0.29) is 6.61 Å². The fraction of sp³-hybridized carbons (Fsp3) is 0.308. The van der Waals surface area contributed by atoms with Gasteiger partial charge in [-0.3, -0.25) is 0 Å². The molecule has 0 saturated carbocycles. The quantitative estimate of drug-likeness (QED) is 0.767. The molecule has 0 bridgehead atoms. The number of hydrogen-bond donors (Lipinski definition) is 2. The fourth-order valence-electron chi connectivity index (χ4n) is 1.66. The Morgan fingerprint density at radius 3 is 2.25 bits per heavy atom. The number of aliphatic carboxylic acids is 1. The lowest BCUT2D eigenvalue weighted by Crippen LogP contribution is -2.00. The summed E-state index contributed by atoms with van der Waals surface area (Å²) in [5, 5.41) is 17.9. The number of aryl methyl sites for hydroxylation is 3. The summed E-state index contributed by atoms with van der Waals surface area (Å²) in [6.45, 7) is 5.61. The lowest BCUT2D eigenvalue weighted by molar-refractivity contribution is -0.131. The van der Waals surface area contributed by atoms with Crippen LogP contribution in [0.1, 0.15) is 22.3 Å². The monoisotopic (exact) mass is 220 g/mol. The Kier molecular flexibility index (Phi) is 3.85. The van der Waals surface area contributed by atoms with Gasteiger partial charge in [-0.25, -0.2) is 4.79 Å². The first-order valence-corrected chi connectivity index (χ1v) is 5.08. The molecule has 0 spiro atoms. The maximum absolute atomic E-state index is 10.6.